The van der Waals surface area contributed by atoms with Gasteiger partial charge in [-0.15, -0.1) is 0 Å². The van der Waals surface area contributed by atoms with Crippen molar-refractivity contribution in [3.63, 3.8) is 0 Å². The van der Waals surface area contributed by atoms with Gasteiger partial charge in [-0.25, -0.2) is 0 Å². The van der Waals surface area contributed by atoms with E-state index in [0.29, 0.717) is 19.8 Å². The van der Waals surface area contributed by atoms with Crippen LogP contribution in [0.5, 0.6) is 11.5 Å². The molecule has 1 N–H and O–H groups in total. The summed E-state index contributed by atoms with van der Waals surface area (Å²) in [4.78, 5) is 0. The van der Waals surface area contributed by atoms with Gasteiger partial charge in [-0.3, -0.25) is 0 Å². The van der Waals surface area contributed by atoms with E-state index in [1.807, 2.05) is 24.3 Å². The van der Waals surface area contributed by atoms with Crippen LogP contribution in [0.15, 0.2) is 42.5 Å². The predicted molar refractivity (Wildman–Crippen MR) is 122 cm³/mol. The van der Waals surface area contributed by atoms with E-state index in [2.05, 4.69) is 65.1 Å². The Bertz CT molecular complexity index is 755. The minimum Gasteiger partial charge on any atom is -0.491 e. The molecule has 2 aromatic carbocycles. The van der Waals surface area contributed by atoms with Crippen molar-refractivity contribution in [2.24, 2.45) is 0 Å². The lowest BCUT2D eigenvalue weighted by molar-refractivity contribution is 0.146. The van der Waals surface area contributed by atoms with Crippen LogP contribution in [-0.2, 0) is 15.6 Å². The molecule has 0 aromatic heterocycles. The Labute approximate surface area is 176 Å². The van der Waals surface area contributed by atoms with Gasteiger partial charge in [-0.2, -0.15) is 0 Å². The average Bonchev–Trinajstić information content (AvgIpc) is 2.65. The summed E-state index contributed by atoms with van der Waals surface area (Å²) in [6.07, 6.45) is 0. The fourth-order valence-electron chi connectivity index (χ4n) is 2.98. The SMILES string of the molecule is COCCOc1ccc(NCCOc2ccc(C(C)(C)C)cc2C(C)(C)C)cc1. The van der Waals surface area contributed by atoms with Gasteiger partial charge in [0.25, 0.3) is 0 Å². The van der Waals surface area contributed by atoms with E-state index in [9.17, 15) is 0 Å². The molecular formula is C25H37NO3. The number of methoxy groups -OCH3 is 1. The molecule has 0 aliphatic heterocycles. The molecule has 0 saturated carbocycles. The molecular weight excluding hydrogens is 362 g/mol. The van der Waals surface area contributed by atoms with Crippen molar-refractivity contribution in [1.82, 2.24) is 0 Å². The summed E-state index contributed by atoms with van der Waals surface area (Å²) in [5.74, 6) is 1.81. The van der Waals surface area contributed by atoms with Crippen molar-refractivity contribution in [3.8, 4) is 11.5 Å². The fraction of sp³-hybridized carbons (Fsp3) is 0.520. The van der Waals surface area contributed by atoms with Crippen molar-refractivity contribution in [2.75, 3.05) is 38.8 Å². The van der Waals surface area contributed by atoms with E-state index >= 15 is 0 Å². The number of hydrogen-bond acceptors (Lipinski definition) is 4. The molecule has 29 heavy (non-hydrogen) atoms. The first-order valence-electron chi connectivity index (χ1n) is 10.3. The number of benzene rings is 2. The van der Waals surface area contributed by atoms with Crippen molar-refractivity contribution in [2.45, 2.75) is 52.4 Å². The van der Waals surface area contributed by atoms with Gasteiger partial charge < -0.3 is 19.5 Å². The highest BCUT2D eigenvalue weighted by Gasteiger charge is 2.23. The van der Waals surface area contributed by atoms with Gasteiger partial charge in [0.2, 0.25) is 0 Å². The molecule has 0 unspecified atom stereocenters. The van der Waals surface area contributed by atoms with E-state index in [1.54, 1.807) is 7.11 Å². The molecule has 0 fully saturated rings. The monoisotopic (exact) mass is 399 g/mol. The second kappa shape index (κ2) is 10.0. The van der Waals surface area contributed by atoms with Gasteiger partial charge in [0.1, 0.15) is 24.7 Å². The highest BCUT2D eigenvalue weighted by Crippen LogP contribution is 2.35. The van der Waals surface area contributed by atoms with Crippen LogP contribution in [0.25, 0.3) is 0 Å². The van der Waals surface area contributed by atoms with E-state index in [1.165, 1.54) is 11.1 Å². The average molecular weight is 400 g/mol. The third-order valence-corrected chi connectivity index (χ3v) is 4.75. The first-order chi connectivity index (χ1) is 13.6. The maximum atomic E-state index is 6.14. The molecule has 0 aliphatic rings. The molecule has 0 atom stereocenters. The maximum Gasteiger partial charge on any atom is 0.123 e. The molecule has 0 bridgehead atoms. The molecule has 160 valence electrons. The zero-order valence-corrected chi connectivity index (χ0v) is 19.1. The predicted octanol–water partition coefficient (Wildman–Crippen LogP) is 5.80. The van der Waals surface area contributed by atoms with E-state index in [4.69, 9.17) is 14.2 Å². The van der Waals surface area contributed by atoms with Crippen molar-refractivity contribution in [3.05, 3.63) is 53.6 Å². The molecule has 0 radical (unpaired) electrons. The van der Waals surface area contributed by atoms with Crippen molar-refractivity contribution < 1.29 is 14.2 Å². The second-order valence-electron chi connectivity index (χ2n) is 9.35. The fourth-order valence-corrected chi connectivity index (χ4v) is 2.98. The van der Waals surface area contributed by atoms with E-state index in [0.717, 1.165) is 23.7 Å². The number of rotatable bonds is 9. The van der Waals surface area contributed by atoms with Crippen LogP contribution in [0.1, 0.15) is 52.7 Å². The normalized spacial score (nSPS) is 12.0. The van der Waals surface area contributed by atoms with Gasteiger partial charge in [-0.1, -0.05) is 53.7 Å². The Morgan fingerprint density at radius 1 is 0.759 bits per heavy atom. The topological polar surface area (TPSA) is 39.7 Å². The van der Waals surface area contributed by atoms with Crippen LogP contribution in [0.3, 0.4) is 0 Å². The van der Waals surface area contributed by atoms with Crippen LogP contribution in [0, 0.1) is 0 Å². The maximum absolute atomic E-state index is 6.14. The smallest absolute Gasteiger partial charge is 0.123 e. The van der Waals surface area contributed by atoms with Gasteiger partial charge in [-0.05, 0) is 52.3 Å². The zero-order valence-electron chi connectivity index (χ0n) is 19.1. The summed E-state index contributed by atoms with van der Waals surface area (Å²) in [7, 11) is 1.67. The highest BCUT2D eigenvalue weighted by molar-refractivity contribution is 5.46. The van der Waals surface area contributed by atoms with Crippen molar-refractivity contribution in [1.29, 1.82) is 0 Å². The minimum absolute atomic E-state index is 0.0304. The van der Waals surface area contributed by atoms with Gasteiger partial charge >= 0.3 is 0 Å². The Kier molecular flexibility index (Phi) is 7.97. The zero-order chi connectivity index (χ0) is 21.5. The Morgan fingerprint density at radius 2 is 1.45 bits per heavy atom. The number of nitrogens with one attached hydrogen (secondary N) is 1. The quantitative estimate of drug-likeness (QED) is 0.541. The molecule has 0 saturated heterocycles. The Hall–Kier alpha value is -2.20. The summed E-state index contributed by atoms with van der Waals surface area (Å²) in [5, 5.41) is 3.40. The molecule has 2 rings (SSSR count). The number of hydrogen-bond donors (Lipinski definition) is 1. The molecule has 2 aromatic rings. The van der Waals surface area contributed by atoms with Gasteiger partial charge in [0.15, 0.2) is 0 Å². The highest BCUT2D eigenvalue weighted by atomic mass is 16.5. The molecule has 0 aliphatic carbocycles. The lowest BCUT2D eigenvalue weighted by Gasteiger charge is -2.27. The molecule has 4 nitrogen and oxygen atoms in total. The minimum atomic E-state index is 0.0304. The van der Waals surface area contributed by atoms with Crippen LogP contribution >= 0.6 is 0 Å². The third-order valence-electron chi connectivity index (χ3n) is 4.75. The standard InChI is InChI=1S/C25H37NO3/c1-24(2,3)19-8-13-23(22(18-19)25(4,5)6)29-15-14-26-20-9-11-21(12-10-20)28-17-16-27-7/h8-13,18,26H,14-17H2,1-7H3. The summed E-state index contributed by atoms with van der Waals surface area (Å²) in [6.45, 7) is 15.9. The van der Waals surface area contributed by atoms with E-state index in [-0.39, 0.29) is 10.8 Å². The summed E-state index contributed by atoms with van der Waals surface area (Å²) in [6, 6.07) is 14.5. The van der Waals surface area contributed by atoms with E-state index < -0.39 is 0 Å². The summed E-state index contributed by atoms with van der Waals surface area (Å²) >= 11 is 0. The largest absolute Gasteiger partial charge is 0.491 e. The number of ether oxygens (including phenoxy) is 3. The number of anilines is 1. The Balaban J connectivity index is 1.91. The lowest BCUT2D eigenvalue weighted by atomic mass is 9.80. The first kappa shape index (κ1) is 23.1. The van der Waals surface area contributed by atoms with Gasteiger partial charge in [0.05, 0.1) is 6.61 Å². The lowest BCUT2D eigenvalue weighted by Crippen LogP contribution is -2.19. The summed E-state index contributed by atoms with van der Waals surface area (Å²) < 4.78 is 16.7. The Morgan fingerprint density at radius 3 is 2.03 bits per heavy atom. The molecule has 0 spiro atoms. The molecule has 0 amide bonds. The second-order valence-corrected chi connectivity index (χ2v) is 9.35. The third kappa shape index (κ3) is 7.28. The molecule has 0 heterocycles. The van der Waals surface area contributed by atoms with Crippen molar-refractivity contribution >= 4 is 5.69 Å². The summed E-state index contributed by atoms with van der Waals surface area (Å²) in [5.41, 5.74) is 3.79. The van der Waals surface area contributed by atoms with Crippen LogP contribution in [0.2, 0.25) is 0 Å². The van der Waals surface area contributed by atoms with Gasteiger partial charge in [0, 0.05) is 19.3 Å². The van der Waals surface area contributed by atoms with Crippen LogP contribution in [0.4, 0.5) is 5.69 Å². The molecule has 4 heteroatoms. The first-order valence-corrected chi connectivity index (χ1v) is 10.3. The van der Waals surface area contributed by atoms with Crippen LogP contribution in [-0.4, -0.2) is 33.5 Å². The van der Waals surface area contributed by atoms with Crippen LogP contribution < -0.4 is 14.8 Å².